The van der Waals surface area contributed by atoms with Gasteiger partial charge in [0.2, 0.25) is 17.3 Å². The fraction of sp³-hybridized carbons (Fsp3) is 0. The summed E-state index contributed by atoms with van der Waals surface area (Å²) >= 11 is 0. The van der Waals surface area contributed by atoms with Gasteiger partial charge in [0.1, 0.15) is 17.1 Å². The molecule has 0 amide bonds. The third-order valence-corrected chi connectivity index (χ3v) is 5.86. The van der Waals surface area contributed by atoms with Crippen LogP contribution in [0.15, 0.2) is 106 Å². The molecule has 0 aliphatic heterocycles. The van der Waals surface area contributed by atoms with Crippen molar-refractivity contribution in [1.82, 2.24) is 0 Å². The van der Waals surface area contributed by atoms with Crippen LogP contribution >= 0.6 is 0 Å². The van der Waals surface area contributed by atoms with E-state index in [0.717, 1.165) is 16.7 Å². The SMILES string of the molecule is O=C1C=Cc2ccccc2/C1=N/[O-].O=C1C=Cc2ccccc2/C1=N/[O-].O=C1C=Cc2ccccc2/C1=N/[O-].[Fe+2].[Na+]. The van der Waals surface area contributed by atoms with E-state index in [2.05, 4.69) is 15.5 Å². The first-order valence-corrected chi connectivity index (χ1v) is 11.5. The first-order chi connectivity index (χ1) is 19.0. The molecule has 0 bridgehead atoms. The van der Waals surface area contributed by atoms with Crippen molar-refractivity contribution >= 4 is 52.7 Å². The maximum atomic E-state index is 11.2. The molecule has 3 aliphatic rings. The average molecular weight is 595 g/mol. The molecule has 3 aliphatic carbocycles. The second kappa shape index (κ2) is 15.6. The standard InChI is InChI=1S/3C10H7NO2.Fe.Na/c3*12-9-6-5-7-3-1-2-4-8(7)10(9)11-13;;/h3*1-6,13H;;/q;;;+2;+1/p-3/b3*11-10-;;. The van der Waals surface area contributed by atoms with Crippen LogP contribution in [0.25, 0.3) is 18.2 Å². The molecule has 6 rings (SSSR count). The minimum absolute atomic E-state index is 0. The Labute approximate surface area is 267 Å². The predicted octanol–water partition coefficient (Wildman–Crippen LogP) is 1.71. The van der Waals surface area contributed by atoms with E-state index >= 15 is 0 Å². The number of rotatable bonds is 0. The van der Waals surface area contributed by atoms with Crippen LogP contribution in [0.3, 0.4) is 0 Å². The Morgan fingerprint density at radius 2 is 0.659 bits per heavy atom. The van der Waals surface area contributed by atoms with Crippen LogP contribution in [-0.2, 0) is 31.5 Å². The topological polar surface area (TPSA) is 157 Å². The maximum absolute atomic E-state index is 11.2. The molecule has 9 nitrogen and oxygen atoms in total. The Kier molecular flexibility index (Phi) is 12.5. The minimum atomic E-state index is -0.325. The van der Waals surface area contributed by atoms with E-state index in [1.54, 1.807) is 54.6 Å². The predicted molar refractivity (Wildman–Crippen MR) is 151 cm³/mol. The second-order valence-electron chi connectivity index (χ2n) is 8.17. The summed E-state index contributed by atoms with van der Waals surface area (Å²) in [6, 6.07) is 21.5. The van der Waals surface area contributed by atoms with Crippen LogP contribution in [0.2, 0.25) is 0 Å². The van der Waals surface area contributed by atoms with Gasteiger partial charge in [0.05, 0.1) is 0 Å². The zero-order valence-corrected chi connectivity index (χ0v) is 24.6. The van der Waals surface area contributed by atoms with E-state index in [4.69, 9.17) is 0 Å². The Hall–Kier alpha value is -4.18. The normalized spacial score (nSPS) is 16.7. The first kappa shape index (κ1) is 33.0. The van der Waals surface area contributed by atoms with Crippen LogP contribution in [0, 0.1) is 15.6 Å². The molecule has 0 spiro atoms. The summed E-state index contributed by atoms with van der Waals surface area (Å²) < 4.78 is 0. The number of fused-ring (bicyclic) bond motifs is 3. The average Bonchev–Trinajstić information content (AvgIpc) is 2.98. The molecular weight excluding hydrogens is 577 g/mol. The van der Waals surface area contributed by atoms with E-state index in [0.29, 0.717) is 16.7 Å². The zero-order chi connectivity index (χ0) is 27.8. The van der Waals surface area contributed by atoms with Crippen LogP contribution in [-0.4, -0.2) is 34.5 Å². The van der Waals surface area contributed by atoms with Gasteiger partial charge in [-0.3, -0.25) is 14.4 Å². The van der Waals surface area contributed by atoms with Gasteiger partial charge in [-0.15, -0.1) is 0 Å². The third-order valence-electron chi connectivity index (χ3n) is 5.86. The van der Waals surface area contributed by atoms with Crippen molar-refractivity contribution < 1.29 is 61.0 Å². The van der Waals surface area contributed by atoms with E-state index in [-0.39, 0.29) is 81.1 Å². The minimum Gasteiger partial charge on any atom is -0.791 e. The van der Waals surface area contributed by atoms with Crippen molar-refractivity contribution in [3.05, 3.63) is 140 Å². The van der Waals surface area contributed by atoms with Gasteiger partial charge < -0.3 is 31.1 Å². The summed E-state index contributed by atoms with van der Waals surface area (Å²) in [6.45, 7) is 0. The van der Waals surface area contributed by atoms with Crippen LogP contribution in [0.1, 0.15) is 33.4 Å². The van der Waals surface area contributed by atoms with E-state index in [9.17, 15) is 30.0 Å². The summed E-state index contributed by atoms with van der Waals surface area (Å²) in [4.78, 5) is 33.5. The van der Waals surface area contributed by atoms with E-state index in [1.165, 1.54) is 18.2 Å². The number of hydrogen-bond donors (Lipinski definition) is 0. The molecule has 0 N–H and O–H groups in total. The fourth-order valence-corrected chi connectivity index (χ4v) is 3.99. The van der Waals surface area contributed by atoms with Gasteiger partial charge in [0.15, 0.2) is 0 Å². The molecule has 0 aromatic heterocycles. The number of nitrogens with zero attached hydrogens (tertiary/aromatic N) is 3. The number of ketones is 3. The molecule has 3 aromatic carbocycles. The number of hydrogen-bond acceptors (Lipinski definition) is 9. The molecule has 0 atom stereocenters. The molecule has 11 heteroatoms. The Bertz CT molecular complexity index is 1460. The fourth-order valence-electron chi connectivity index (χ4n) is 3.99. The third kappa shape index (κ3) is 7.52. The molecular formula is C30H18FeN3NaO6. The van der Waals surface area contributed by atoms with Crippen LogP contribution < -0.4 is 29.6 Å². The van der Waals surface area contributed by atoms with Crippen molar-refractivity contribution in [2.45, 2.75) is 0 Å². The second-order valence-corrected chi connectivity index (χ2v) is 8.17. The molecule has 0 unspecified atom stereocenters. The van der Waals surface area contributed by atoms with Crippen molar-refractivity contribution in [3.63, 3.8) is 0 Å². The van der Waals surface area contributed by atoms with Gasteiger partial charge in [0, 0.05) is 16.7 Å². The van der Waals surface area contributed by atoms with Crippen molar-refractivity contribution in [1.29, 1.82) is 0 Å². The van der Waals surface area contributed by atoms with Gasteiger partial charge in [-0.1, -0.05) is 91.0 Å². The van der Waals surface area contributed by atoms with Gasteiger partial charge >= 0.3 is 46.6 Å². The largest absolute Gasteiger partial charge is 2.00 e. The Balaban J connectivity index is 0.000000210. The van der Waals surface area contributed by atoms with Gasteiger partial charge in [-0.05, 0) is 34.9 Å². The molecule has 0 heterocycles. The monoisotopic (exact) mass is 595 g/mol. The number of carbonyl (C=O) groups is 3. The van der Waals surface area contributed by atoms with Crippen molar-refractivity contribution in [2.24, 2.45) is 15.5 Å². The van der Waals surface area contributed by atoms with Crippen LogP contribution in [0.5, 0.6) is 0 Å². The number of benzene rings is 3. The first-order valence-electron chi connectivity index (χ1n) is 11.5. The number of carbonyl (C=O) groups excluding carboxylic acids is 3. The molecule has 0 radical (unpaired) electrons. The van der Waals surface area contributed by atoms with Crippen molar-refractivity contribution in [3.8, 4) is 0 Å². The summed E-state index contributed by atoms with van der Waals surface area (Å²) in [7, 11) is 0. The van der Waals surface area contributed by atoms with Gasteiger partial charge in [0.25, 0.3) is 0 Å². The Morgan fingerprint density at radius 3 is 0.902 bits per heavy atom. The molecule has 0 saturated heterocycles. The Morgan fingerprint density at radius 1 is 0.415 bits per heavy atom. The van der Waals surface area contributed by atoms with Gasteiger partial charge in [-0.25, -0.2) is 0 Å². The maximum Gasteiger partial charge on any atom is 2.00 e. The summed E-state index contributed by atoms with van der Waals surface area (Å²) in [5.74, 6) is -0.976. The zero-order valence-electron chi connectivity index (χ0n) is 21.5. The summed E-state index contributed by atoms with van der Waals surface area (Å²) in [6.07, 6.45) is 9.14. The molecule has 41 heavy (non-hydrogen) atoms. The van der Waals surface area contributed by atoms with Crippen LogP contribution in [0.4, 0.5) is 0 Å². The molecule has 0 fully saturated rings. The molecule has 0 saturated carbocycles. The summed E-state index contributed by atoms with van der Waals surface area (Å²) in [5.41, 5.74) is 4.42. The smallest absolute Gasteiger partial charge is 0.791 e. The van der Waals surface area contributed by atoms with Crippen molar-refractivity contribution in [2.75, 3.05) is 0 Å². The van der Waals surface area contributed by atoms with E-state index in [1.807, 2.05) is 36.4 Å². The molecule has 3 aromatic rings. The summed E-state index contributed by atoms with van der Waals surface area (Å²) in [5, 5.41) is 39.4. The van der Waals surface area contributed by atoms with E-state index < -0.39 is 0 Å². The quantitative estimate of drug-likeness (QED) is 0.285. The van der Waals surface area contributed by atoms with Gasteiger partial charge in [-0.2, -0.15) is 0 Å². The molecule has 198 valence electrons. The number of allylic oxidation sites excluding steroid dienone is 3.